The second-order valence-corrected chi connectivity index (χ2v) is 5.53. The third-order valence-corrected chi connectivity index (χ3v) is 4.03. The van der Waals surface area contributed by atoms with Crippen LogP contribution in [0.4, 0.5) is 4.39 Å². The number of amides is 1. The van der Waals surface area contributed by atoms with Gasteiger partial charge in [0, 0.05) is 15.6 Å². The molecule has 2 rings (SSSR count). The van der Waals surface area contributed by atoms with Gasteiger partial charge in [0.1, 0.15) is 5.82 Å². The van der Waals surface area contributed by atoms with Gasteiger partial charge in [0.2, 0.25) is 0 Å². The van der Waals surface area contributed by atoms with E-state index in [0.717, 1.165) is 10.0 Å². The maximum Gasteiger partial charge on any atom is 0.251 e. The topological polar surface area (TPSA) is 29.1 Å². The van der Waals surface area contributed by atoms with E-state index in [1.807, 2.05) is 13.0 Å². The van der Waals surface area contributed by atoms with E-state index in [4.69, 9.17) is 0 Å². The highest BCUT2D eigenvalue weighted by molar-refractivity contribution is 9.10. The molecular weight excluding hydrogens is 321 g/mol. The van der Waals surface area contributed by atoms with Crippen LogP contribution in [0, 0.1) is 12.7 Å². The Hall–Kier alpha value is -1.68. The summed E-state index contributed by atoms with van der Waals surface area (Å²) in [5, 5.41) is 2.81. The summed E-state index contributed by atoms with van der Waals surface area (Å²) in [7, 11) is 0. The van der Waals surface area contributed by atoms with Crippen LogP contribution >= 0.6 is 15.9 Å². The second-order valence-electron chi connectivity index (χ2n) is 4.68. The summed E-state index contributed by atoms with van der Waals surface area (Å²) in [6.07, 6.45) is 0. The Morgan fingerprint density at radius 2 is 1.95 bits per heavy atom. The average molecular weight is 336 g/mol. The monoisotopic (exact) mass is 335 g/mol. The molecule has 0 aliphatic heterocycles. The van der Waals surface area contributed by atoms with Gasteiger partial charge in [-0.2, -0.15) is 0 Å². The number of rotatable bonds is 3. The van der Waals surface area contributed by atoms with Gasteiger partial charge in [-0.1, -0.05) is 34.1 Å². The van der Waals surface area contributed by atoms with Crippen LogP contribution in [0.15, 0.2) is 46.9 Å². The summed E-state index contributed by atoms with van der Waals surface area (Å²) in [4.78, 5) is 12.2. The number of nitrogens with one attached hydrogen (secondary N) is 1. The van der Waals surface area contributed by atoms with Gasteiger partial charge in [0.05, 0.1) is 6.04 Å². The Morgan fingerprint density at radius 3 is 2.60 bits per heavy atom. The first kappa shape index (κ1) is 14.7. The van der Waals surface area contributed by atoms with Crippen molar-refractivity contribution in [2.24, 2.45) is 0 Å². The van der Waals surface area contributed by atoms with Gasteiger partial charge >= 0.3 is 0 Å². The van der Waals surface area contributed by atoms with Gasteiger partial charge in [0.25, 0.3) is 5.91 Å². The number of benzene rings is 2. The van der Waals surface area contributed by atoms with Crippen molar-refractivity contribution >= 4 is 21.8 Å². The fourth-order valence-electron chi connectivity index (χ4n) is 1.97. The van der Waals surface area contributed by atoms with Gasteiger partial charge < -0.3 is 5.32 Å². The molecule has 0 saturated heterocycles. The van der Waals surface area contributed by atoms with Crippen LogP contribution in [0.5, 0.6) is 0 Å². The molecule has 0 saturated carbocycles. The Bertz CT molecular complexity index is 642. The normalized spacial score (nSPS) is 12.0. The van der Waals surface area contributed by atoms with Crippen LogP contribution in [0.2, 0.25) is 0 Å². The molecule has 2 aromatic carbocycles. The Balaban J connectivity index is 2.15. The van der Waals surface area contributed by atoms with Crippen LogP contribution in [0.1, 0.15) is 34.5 Å². The largest absolute Gasteiger partial charge is 0.345 e. The van der Waals surface area contributed by atoms with Crippen molar-refractivity contribution < 1.29 is 9.18 Å². The molecule has 0 aromatic heterocycles. The first-order valence-electron chi connectivity index (χ1n) is 6.30. The lowest BCUT2D eigenvalue weighted by Crippen LogP contribution is -2.27. The number of carbonyl (C=O) groups is 1. The quantitative estimate of drug-likeness (QED) is 0.885. The van der Waals surface area contributed by atoms with Crippen LogP contribution < -0.4 is 5.32 Å². The summed E-state index contributed by atoms with van der Waals surface area (Å²) in [6.45, 7) is 3.68. The molecule has 0 heterocycles. The van der Waals surface area contributed by atoms with Gasteiger partial charge in [-0.05, 0) is 43.7 Å². The maximum atomic E-state index is 13.7. The Labute approximate surface area is 126 Å². The third kappa shape index (κ3) is 3.25. The minimum Gasteiger partial charge on any atom is -0.345 e. The SMILES string of the molecule is Cc1cc(C(=O)NC(C)c2ccccc2F)ccc1Br. The minimum atomic E-state index is -0.382. The van der Waals surface area contributed by atoms with E-state index >= 15 is 0 Å². The maximum absolute atomic E-state index is 13.7. The number of aryl methyl sites for hydroxylation is 1. The second kappa shape index (κ2) is 6.18. The van der Waals surface area contributed by atoms with E-state index in [1.165, 1.54) is 6.07 Å². The summed E-state index contributed by atoms with van der Waals surface area (Å²) in [6, 6.07) is 11.4. The predicted molar refractivity (Wildman–Crippen MR) is 81.2 cm³/mol. The molecule has 0 aliphatic carbocycles. The summed E-state index contributed by atoms with van der Waals surface area (Å²) in [5.41, 5.74) is 2.03. The van der Waals surface area contributed by atoms with Gasteiger partial charge in [-0.3, -0.25) is 4.79 Å². The van der Waals surface area contributed by atoms with Crippen LogP contribution in [-0.2, 0) is 0 Å². The highest BCUT2D eigenvalue weighted by Crippen LogP contribution is 2.19. The molecule has 104 valence electrons. The van der Waals surface area contributed by atoms with Gasteiger partial charge in [0.15, 0.2) is 0 Å². The lowest BCUT2D eigenvalue weighted by Gasteiger charge is -2.15. The van der Waals surface area contributed by atoms with Crippen LogP contribution in [0.3, 0.4) is 0 Å². The molecule has 4 heteroatoms. The third-order valence-electron chi connectivity index (χ3n) is 3.14. The molecule has 1 N–H and O–H groups in total. The molecule has 0 radical (unpaired) electrons. The molecule has 2 aromatic rings. The van der Waals surface area contributed by atoms with E-state index < -0.39 is 0 Å². The highest BCUT2D eigenvalue weighted by Gasteiger charge is 2.14. The molecule has 0 bridgehead atoms. The van der Waals surface area contributed by atoms with E-state index in [1.54, 1.807) is 37.3 Å². The zero-order valence-electron chi connectivity index (χ0n) is 11.3. The smallest absolute Gasteiger partial charge is 0.251 e. The zero-order chi connectivity index (χ0) is 14.7. The van der Waals surface area contributed by atoms with Crippen LogP contribution in [-0.4, -0.2) is 5.91 Å². The molecule has 1 atom stereocenters. The molecule has 2 nitrogen and oxygen atoms in total. The van der Waals surface area contributed by atoms with Crippen molar-refractivity contribution in [2.75, 3.05) is 0 Å². The first-order chi connectivity index (χ1) is 9.49. The summed E-state index contributed by atoms with van der Waals surface area (Å²) < 4.78 is 14.6. The van der Waals surface area contributed by atoms with Crippen molar-refractivity contribution in [1.29, 1.82) is 0 Å². The number of halogens is 2. The average Bonchev–Trinajstić information content (AvgIpc) is 2.42. The van der Waals surface area contributed by atoms with Crippen molar-refractivity contribution in [3.8, 4) is 0 Å². The minimum absolute atomic E-state index is 0.212. The van der Waals surface area contributed by atoms with E-state index in [9.17, 15) is 9.18 Å². The molecule has 0 spiro atoms. The van der Waals surface area contributed by atoms with Crippen molar-refractivity contribution in [3.63, 3.8) is 0 Å². The molecule has 1 amide bonds. The van der Waals surface area contributed by atoms with E-state index in [2.05, 4.69) is 21.2 Å². The summed E-state index contributed by atoms with van der Waals surface area (Å²) >= 11 is 3.39. The molecule has 0 fully saturated rings. The van der Waals surface area contributed by atoms with E-state index in [0.29, 0.717) is 11.1 Å². The zero-order valence-corrected chi connectivity index (χ0v) is 12.9. The van der Waals surface area contributed by atoms with Crippen molar-refractivity contribution in [2.45, 2.75) is 19.9 Å². The Morgan fingerprint density at radius 1 is 1.25 bits per heavy atom. The number of carbonyl (C=O) groups excluding carboxylic acids is 1. The highest BCUT2D eigenvalue weighted by atomic mass is 79.9. The molecule has 1 unspecified atom stereocenters. The number of hydrogen-bond donors (Lipinski definition) is 1. The van der Waals surface area contributed by atoms with Crippen molar-refractivity contribution in [3.05, 3.63) is 69.4 Å². The fourth-order valence-corrected chi connectivity index (χ4v) is 2.22. The van der Waals surface area contributed by atoms with Gasteiger partial charge in [-0.15, -0.1) is 0 Å². The lowest BCUT2D eigenvalue weighted by atomic mass is 10.1. The number of hydrogen-bond acceptors (Lipinski definition) is 1. The fraction of sp³-hybridized carbons (Fsp3) is 0.188. The molecule has 20 heavy (non-hydrogen) atoms. The lowest BCUT2D eigenvalue weighted by molar-refractivity contribution is 0.0939. The van der Waals surface area contributed by atoms with Crippen LogP contribution in [0.25, 0.3) is 0 Å². The van der Waals surface area contributed by atoms with Crippen molar-refractivity contribution in [1.82, 2.24) is 5.32 Å². The predicted octanol–water partition coefficient (Wildman–Crippen LogP) is 4.39. The molecule has 0 aliphatic rings. The van der Waals surface area contributed by atoms with Gasteiger partial charge in [-0.25, -0.2) is 4.39 Å². The Kier molecular flexibility index (Phi) is 4.55. The standard InChI is InChI=1S/C16H15BrFNO/c1-10-9-12(7-8-14(10)17)16(20)19-11(2)13-5-3-4-6-15(13)18/h3-9,11H,1-2H3,(H,19,20). The molecular formula is C16H15BrFNO. The van der Waals surface area contributed by atoms with E-state index in [-0.39, 0.29) is 17.8 Å². The summed E-state index contributed by atoms with van der Waals surface area (Å²) in [5.74, 6) is -0.524. The first-order valence-corrected chi connectivity index (χ1v) is 7.10.